The van der Waals surface area contributed by atoms with Crippen LogP contribution in [0.3, 0.4) is 0 Å². The molecular weight excluding hydrogens is 352 g/mol. The monoisotopic (exact) mass is 373 g/mol. The van der Waals surface area contributed by atoms with E-state index in [-0.39, 0.29) is 11.5 Å². The summed E-state index contributed by atoms with van der Waals surface area (Å²) in [5.41, 5.74) is 2.91. The van der Waals surface area contributed by atoms with E-state index in [1.165, 1.54) is 0 Å². The zero-order valence-electron chi connectivity index (χ0n) is 15.5. The summed E-state index contributed by atoms with van der Waals surface area (Å²) in [6.07, 6.45) is 3.99. The van der Waals surface area contributed by atoms with Crippen LogP contribution < -0.4 is 14.9 Å². The Labute approximate surface area is 162 Å². The summed E-state index contributed by atoms with van der Waals surface area (Å²) >= 11 is 0. The van der Waals surface area contributed by atoms with Gasteiger partial charge in [0.25, 0.3) is 0 Å². The van der Waals surface area contributed by atoms with Crippen molar-refractivity contribution in [1.29, 1.82) is 0 Å². The maximum absolute atomic E-state index is 12.7. The molecule has 140 valence electrons. The lowest BCUT2D eigenvalue weighted by Crippen LogP contribution is -2.37. The number of ether oxygens (including phenoxy) is 1. The number of H-pyrrole nitrogens is 1. The molecule has 1 atom stereocenters. The van der Waals surface area contributed by atoms with Gasteiger partial charge < -0.3 is 9.26 Å². The third-order valence-corrected chi connectivity index (χ3v) is 4.83. The van der Waals surface area contributed by atoms with Crippen LogP contribution in [0.15, 0.2) is 94.5 Å². The molecule has 0 aliphatic carbocycles. The maximum atomic E-state index is 12.7. The Morgan fingerprint density at radius 2 is 1.64 bits per heavy atom. The van der Waals surface area contributed by atoms with E-state index in [4.69, 9.17) is 9.26 Å². The van der Waals surface area contributed by atoms with E-state index >= 15 is 0 Å². The molecule has 4 aromatic rings. The summed E-state index contributed by atoms with van der Waals surface area (Å²) in [5, 5.41) is 2.83. The molecule has 1 N–H and O–H groups in total. The number of nitrogens with one attached hydrogen (secondary N) is 1. The van der Waals surface area contributed by atoms with Gasteiger partial charge in [0.1, 0.15) is 5.75 Å². The van der Waals surface area contributed by atoms with Crippen molar-refractivity contribution in [3.05, 3.63) is 107 Å². The average Bonchev–Trinajstić information content (AvgIpc) is 3.14. The number of nitrogens with zero attached hydrogens (tertiary/aromatic N) is 1. The molecule has 0 spiro atoms. The van der Waals surface area contributed by atoms with Crippen LogP contribution in [-0.4, -0.2) is 12.3 Å². The molecule has 2 aromatic heterocycles. The highest BCUT2D eigenvalue weighted by atomic mass is 16.5. The van der Waals surface area contributed by atoms with Gasteiger partial charge in [0.2, 0.25) is 0 Å². The zero-order valence-corrected chi connectivity index (χ0v) is 15.5. The SMILES string of the molecule is COc1ccc(C(C[n+]2ccccc2)c2c(-c3ccccc3)[nH]oc2=O)cc1. The fraction of sp³-hybridized carbons (Fsp3) is 0.130. The molecule has 0 amide bonds. The summed E-state index contributed by atoms with van der Waals surface area (Å²) in [6.45, 7) is 0.607. The van der Waals surface area contributed by atoms with E-state index < -0.39 is 0 Å². The Bertz CT molecular complexity index is 1080. The average molecular weight is 373 g/mol. The molecule has 0 saturated carbocycles. The quantitative estimate of drug-likeness (QED) is 0.524. The topological polar surface area (TPSA) is 59.1 Å². The first-order valence-corrected chi connectivity index (χ1v) is 9.11. The third-order valence-electron chi connectivity index (χ3n) is 4.83. The molecule has 5 heteroatoms. The summed E-state index contributed by atoms with van der Waals surface area (Å²) in [4.78, 5) is 12.7. The molecule has 0 fully saturated rings. The van der Waals surface area contributed by atoms with Crippen molar-refractivity contribution in [1.82, 2.24) is 5.16 Å². The van der Waals surface area contributed by atoms with Crippen LogP contribution in [0.5, 0.6) is 5.75 Å². The Balaban J connectivity index is 1.84. The van der Waals surface area contributed by atoms with Crippen molar-refractivity contribution < 1.29 is 13.8 Å². The molecule has 0 bridgehead atoms. The molecule has 0 radical (unpaired) electrons. The number of rotatable bonds is 6. The van der Waals surface area contributed by atoms with Crippen molar-refractivity contribution in [3.8, 4) is 17.0 Å². The first kappa shape index (κ1) is 17.8. The molecule has 0 aliphatic rings. The second kappa shape index (κ2) is 7.96. The van der Waals surface area contributed by atoms with Crippen molar-refractivity contribution in [3.63, 3.8) is 0 Å². The second-order valence-electron chi connectivity index (χ2n) is 6.54. The van der Waals surface area contributed by atoms with Crippen LogP contribution in [0.2, 0.25) is 0 Å². The fourth-order valence-electron chi connectivity index (χ4n) is 3.41. The van der Waals surface area contributed by atoms with Crippen molar-refractivity contribution >= 4 is 0 Å². The van der Waals surface area contributed by atoms with Gasteiger partial charge in [-0.05, 0) is 17.7 Å². The molecule has 2 aromatic carbocycles. The molecule has 1 unspecified atom stereocenters. The van der Waals surface area contributed by atoms with Crippen LogP contribution in [0, 0.1) is 0 Å². The van der Waals surface area contributed by atoms with Gasteiger partial charge in [-0.25, -0.2) is 14.5 Å². The number of methoxy groups -OCH3 is 1. The number of pyridine rings is 1. The van der Waals surface area contributed by atoms with Crippen molar-refractivity contribution in [2.75, 3.05) is 7.11 Å². The molecule has 2 heterocycles. The number of hydrogen-bond donors (Lipinski definition) is 1. The maximum Gasteiger partial charge on any atom is 0.361 e. The minimum absolute atomic E-state index is 0.184. The lowest BCUT2D eigenvalue weighted by molar-refractivity contribution is -0.698. The van der Waals surface area contributed by atoms with Gasteiger partial charge in [0.05, 0.1) is 24.3 Å². The van der Waals surface area contributed by atoms with Gasteiger partial charge in [0.15, 0.2) is 18.9 Å². The van der Waals surface area contributed by atoms with Gasteiger partial charge in [0, 0.05) is 17.7 Å². The van der Waals surface area contributed by atoms with Crippen LogP contribution in [-0.2, 0) is 6.54 Å². The Hall–Kier alpha value is -3.60. The molecule has 28 heavy (non-hydrogen) atoms. The molecule has 4 rings (SSSR count). The predicted octanol–water partition coefficient (Wildman–Crippen LogP) is 3.76. The number of aromatic amines is 1. The molecule has 0 aliphatic heterocycles. The van der Waals surface area contributed by atoms with Crippen LogP contribution in [0.25, 0.3) is 11.3 Å². The fourth-order valence-corrected chi connectivity index (χ4v) is 3.41. The number of hydrogen-bond acceptors (Lipinski definition) is 3. The largest absolute Gasteiger partial charge is 0.497 e. The highest BCUT2D eigenvalue weighted by Gasteiger charge is 2.28. The summed E-state index contributed by atoms with van der Waals surface area (Å²) in [5.74, 6) is 0.593. The third kappa shape index (κ3) is 3.60. The van der Waals surface area contributed by atoms with Crippen molar-refractivity contribution in [2.45, 2.75) is 12.5 Å². The van der Waals surface area contributed by atoms with E-state index in [9.17, 15) is 4.79 Å². The Morgan fingerprint density at radius 1 is 0.964 bits per heavy atom. The Morgan fingerprint density at radius 3 is 2.32 bits per heavy atom. The van der Waals surface area contributed by atoms with Gasteiger partial charge in [-0.1, -0.05) is 48.5 Å². The minimum Gasteiger partial charge on any atom is -0.497 e. The van der Waals surface area contributed by atoms with E-state index in [1.54, 1.807) is 7.11 Å². The van der Waals surface area contributed by atoms with E-state index in [1.807, 2.05) is 85.2 Å². The summed E-state index contributed by atoms with van der Waals surface area (Å²) in [6, 6.07) is 23.5. The van der Waals surface area contributed by atoms with E-state index in [2.05, 4.69) is 9.72 Å². The van der Waals surface area contributed by atoms with Crippen LogP contribution in [0.4, 0.5) is 0 Å². The first-order chi connectivity index (χ1) is 13.8. The number of benzene rings is 2. The standard InChI is InChI=1S/C23H20N2O3/c1-27-19-12-10-17(11-13-19)20(16-25-14-6-3-7-15-25)21-22(24-28-23(21)26)18-8-4-2-5-9-18/h2-15,20H,16H2,1H3/p+1. The molecule has 5 nitrogen and oxygen atoms in total. The lowest BCUT2D eigenvalue weighted by atomic mass is 9.89. The second-order valence-corrected chi connectivity index (χ2v) is 6.54. The van der Waals surface area contributed by atoms with Gasteiger partial charge in [-0.3, -0.25) is 0 Å². The highest BCUT2D eigenvalue weighted by Crippen LogP contribution is 2.31. The van der Waals surface area contributed by atoms with Gasteiger partial charge in [-0.2, -0.15) is 0 Å². The smallest absolute Gasteiger partial charge is 0.361 e. The highest BCUT2D eigenvalue weighted by molar-refractivity contribution is 5.63. The minimum atomic E-state index is -0.351. The molecular formula is C23H21N2O3+. The van der Waals surface area contributed by atoms with E-state index in [0.717, 1.165) is 16.9 Å². The number of aromatic nitrogens is 2. The van der Waals surface area contributed by atoms with Crippen LogP contribution in [0.1, 0.15) is 17.0 Å². The first-order valence-electron chi connectivity index (χ1n) is 9.11. The van der Waals surface area contributed by atoms with Crippen LogP contribution >= 0.6 is 0 Å². The predicted molar refractivity (Wildman–Crippen MR) is 106 cm³/mol. The van der Waals surface area contributed by atoms with Crippen molar-refractivity contribution in [2.24, 2.45) is 0 Å². The summed E-state index contributed by atoms with van der Waals surface area (Å²) < 4.78 is 12.6. The Kier molecular flexibility index (Phi) is 5.06. The zero-order chi connectivity index (χ0) is 19.3. The van der Waals surface area contributed by atoms with Gasteiger partial charge >= 0.3 is 5.63 Å². The molecule has 0 saturated heterocycles. The normalized spacial score (nSPS) is 11.9. The summed E-state index contributed by atoms with van der Waals surface area (Å²) in [7, 11) is 1.64. The van der Waals surface area contributed by atoms with Gasteiger partial charge in [-0.15, -0.1) is 0 Å². The lowest BCUT2D eigenvalue weighted by Gasteiger charge is -2.14. The van der Waals surface area contributed by atoms with E-state index in [0.29, 0.717) is 17.8 Å².